The van der Waals surface area contributed by atoms with Gasteiger partial charge in [0.1, 0.15) is 17.5 Å². The number of carbonyl (C=O) groups excluding carboxylic acids is 2. The zero-order chi connectivity index (χ0) is 26.7. The summed E-state index contributed by atoms with van der Waals surface area (Å²) < 4.78 is 11.2. The molecule has 0 bridgehead atoms. The number of rotatable bonds is 13. The highest BCUT2D eigenvalue weighted by Crippen LogP contribution is 2.28. The zero-order valence-electron chi connectivity index (χ0n) is 22.4. The standard InChI is InChI=1S/C31H39N3O4/c1-3-37-22-10-21-34(31(36)28-20-19-27(33-28)23-11-6-5-7-12-23)29(30(35)32-25-13-8-9-14-25)24-15-17-26(18-16-24)38-4-2/h5-7,11-12,15-20,25,29,33H,3-4,8-10,13-14,21-22H2,1-2H3,(H,32,35). The van der Waals surface area contributed by atoms with Crippen LogP contribution >= 0.6 is 0 Å². The smallest absolute Gasteiger partial charge is 0.271 e. The summed E-state index contributed by atoms with van der Waals surface area (Å²) in [6.07, 6.45) is 4.78. The van der Waals surface area contributed by atoms with Crippen LogP contribution in [0.3, 0.4) is 0 Å². The van der Waals surface area contributed by atoms with Crippen molar-refractivity contribution in [3.05, 3.63) is 78.0 Å². The second-order valence-electron chi connectivity index (χ2n) is 9.60. The van der Waals surface area contributed by atoms with Crippen molar-refractivity contribution in [3.63, 3.8) is 0 Å². The lowest BCUT2D eigenvalue weighted by atomic mass is 10.0. The lowest BCUT2D eigenvalue weighted by Crippen LogP contribution is -2.46. The maximum absolute atomic E-state index is 14.0. The van der Waals surface area contributed by atoms with Gasteiger partial charge in [0.15, 0.2) is 0 Å². The van der Waals surface area contributed by atoms with Gasteiger partial charge in [-0.25, -0.2) is 0 Å². The van der Waals surface area contributed by atoms with Gasteiger partial charge in [0.05, 0.1) is 6.61 Å². The van der Waals surface area contributed by atoms with Gasteiger partial charge < -0.3 is 24.7 Å². The molecule has 0 aliphatic heterocycles. The molecule has 2 amide bonds. The molecule has 0 saturated heterocycles. The predicted octanol–water partition coefficient (Wildman–Crippen LogP) is 5.75. The van der Waals surface area contributed by atoms with Gasteiger partial charge >= 0.3 is 0 Å². The van der Waals surface area contributed by atoms with E-state index in [1.165, 1.54) is 0 Å². The lowest BCUT2D eigenvalue weighted by molar-refractivity contribution is -0.126. The van der Waals surface area contributed by atoms with Crippen LogP contribution in [0.25, 0.3) is 11.3 Å². The van der Waals surface area contributed by atoms with E-state index >= 15 is 0 Å². The third kappa shape index (κ3) is 7.04. The average Bonchev–Trinajstić information content (AvgIpc) is 3.64. The first kappa shape index (κ1) is 27.5. The van der Waals surface area contributed by atoms with E-state index in [0.717, 1.165) is 48.3 Å². The molecular formula is C31H39N3O4. The fourth-order valence-corrected chi connectivity index (χ4v) is 5.03. The molecule has 0 spiro atoms. The van der Waals surface area contributed by atoms with Crippen molar-refractivity contribution in [3.8, 4) is 17.0 Å². The molecule has 4 rings (SSSR count). The van der Waals surface area contributed by atoms with Gasteiger partial charge in [-0.15, -0.1) is 0 Å². The highest BCUT2D eigenvalue weighted by molar-refractivity contribution is 5.97. The summed E-state index contributed by atoms with van der Waals surface area (Å²) in [6, 6.07) is 20.5. The van der Waals surface area contributed by atoms with E-state index in [0.29, 0.717) is 38.5 Å². The topological polar surface area (TPSA) is 83.7 Å². The van der Waals surface area contributed by atoms with Crippen LogP contribution in [0.4, 0.5) is 0 Å². The van der Waals surface area contributed by atoms with E-state index in [2.05, 4.69) is 10.3 Å². The summed E-state index contributed by atoms with van der Waals surface area (Å²) in [5, 5.41) is 3.23. The third-order valence-corrected chi connectivity index (χ3v) is 6.92. The Labute approximate surface area is 225 Å². The summed E-state index contributed by atoms with van der Waals surface area (Å²) in [6.45, 7) is 5.95. The SMILES string of the molecule is CCOCCCN(C(=O)c1ccc(-c2ccccc2)[nH]1)C(C(=O)NC1CCCC1)c1ccc(OCC)cc1. The van der Waals surface area contributed by atoms with Gasteiger partial charge in [0, 0.05) is 31.5 Å². The number of aromatic nitrogens is 1. The Kier molecular flexibility index (Phi) is 9.98. The summed E-state index contributed by atoms with van der Waals surface area (Å²) in [5.74, 6) is 0.363. The maximum atomic E-state index is 14.0. The molecule has 1 aromatic heterocycles. The van der Waals surface area contributed by atoms with E-state index in [-0.39, 0.29) is 17.9 Å². The molecule has 7 heteroatoms. The van der Waals surface area contributed by atoms with E-state index < -0.39 is 6.04 Å². The molecule has 7 nitrogen and oxygen atoms in total. The quantitative estimate of drug-likeness (QED) is 0.283. The Hall–Kier alpha value is -3.58. The first-order valence-electron chi connectivity index (χ1n) is 13.8. The van der Waals surface area contributed by atoms with Crippen LogP contribution in [-0.2, 0) is 9.53 Å². The van der Waals surface area contributed by atoms with Crippen LogP contribution in [0, 0.1) is 0 Å². The van der Waals surface area contributed by atoms with Crippen molar-refractivity contribution in [1.82, 2.24) is 15.2 Å². The summed E-state index contributed by atoms with van der Waals surface area (Å²) in [7, 11) is 0. The number of carbonyl (C=O) groups is 2. The van der Waals surface area contributed by atoms with Gasteiger partial charge in [-0.2, -0.15) is 0 Å². The fourth-order valence-electron chi connectivity index (χ4n) is 5.03. The molecule has 1 atom stereocenters. The minimum atomic E-state index is -0.774. The van der Waals surface area contributed by atoms with Crippen molar-refractivity contribution >= 4 is 11.8 Å². The van der Waals surface area contributed by atoms with E-state index in [1.54, 1.807) is 11.0 Å². The van der Waals surface area contributed by atoms with Crippen LogP contribution in [0.1, 0.15) is 68.0 Å². The second-order valence-corrected chi connectivity index (χ2v) is 9.60. The Balaban J connectivity index is 1.66. The second kappa shape index (κ2) is 13.8. The molecule has 2 N–H and O–H groups in total. The van der Waals surface area contributed by atoms with Crippen LogP contribution in [-0.4, -0.2) is 54.1 Å². The van der Waals surface area contributed by atoms with Crippen molar-refractivity contribution < 1.29 is 19.1 Å². The Morgan fingerprint density at radius 3 is 2.39 bits per heavy atom. The zero-order valence-corrected chi connectivity index (χ0v) is 22.4. The van der Waals surface area contributed by atoms with Crippen molar-refractivity contribution in [1.29, 1.82) is 0 Å². The molecule has 1 unspecified atom stereocenters. The largest absolute Gasteiger partial charge is 0.494 e. The molecule has 1 heterocycles. The Bertz CT molecular complexity index is 1150. The lowest BCUT2D eigenvalue weighted by Gasteiger charge is -2.32. The summed E-state index contributed by atoms with van der Waals surface area (Å²) >= 11 is 0. The number of ether oxygens (including phenoxy) is 2. The van der Waals surface area contributed by atoms with Gasteiger partial charge in [0.25, 0.3) is 5.91 Å². The first-order chi connectivity index (χ1) is 18.6. The highest BCUT2D eigenvalue weighted by Gasteiger charge is 2.34. The molecule has 202 valence electrons. The van der Waals surface area contributed by atoms with Crippen molar-refractivity contribution in [2.24, 2.45) is 0 Å². The average molecular weight is 518 g/mol. The van der Waals surface area contributed by atoms with Gasteiger partial charge in [-0.05, 0) is 68.5 Å². The molecule has 1 fully saturated rings. The van der Waals surface area contributed by atoms with Gasteiger partial charge in [0.2, 0.25) is 5.91 Å². The number of aromatic amines is 1. The fraction of sp³-hybridized carbons (Fsp3) is 0.419. The van der Waals surface area contributed by atoms with Gasteiger partial charge in [-0.1, -0.05) is 55.3 Å². The first-order valence-corrected chi connectivity index (χ1v) is 13.8. The predicted molar refractivity (Wildman–Crippen MR) is 149 cm³/mol. The number of hydrogen-bond donors (Lipinski definition) is 2. The molecular weight excluding hydrogens is 478 g/mol. The number of hydrogen-bond acceptors (Lipinski definition) is 4. The molecule has 2 aromatic carbocycles. The normalized spacial score (nSPS) is 14.3. The number of amides is 2. The molecule has 1 aliphatic rings. The van der Waals surface area contributed by atoms with Gasteiger partial charge in [-0.3, -0.25) is 9.59 Å². The van der Waals surface area contributed by atoms with Crippen LogP contribution < -0.4 is 10.1 Å². The van der Waals surface area contributed by atoms with E-state index in [9.17, 15) is 9.59 Å². The highest BCUT2D eigenvalue weighted by atomic mass is 16.5. The number of nitrogens with one attached hydrogen (secondary N) is 2. The van der Waals surface area contributed by atoms with Crippen LogP contribution in [0.2, 0.25) is 0 Å². The summed E-state index contributed by atoms with van der Waals surface area (Å²) in [5.41, 5.74) is 3.06. The minimum Gasteiger partial charge on any atom is -0.494 e. The van der Waals surface area contributed by atoms with Crippen molar-refractivity contribution in [2.45, 2.75) is 58.0 Å². The number of H-pyrrole nitrogens is 1. The molecule has 38 heavy (non-hydrogen) atoms. The monoisotopic (exact) mass is 517 g/mol. The number of nitrogens with zero attached hydrogens (tertiary/aromatic N) is 1. The Morgan fingerprint density at radius 1 is 0.974 bits per heavy atom. The Morgan fingerprint density at radius 2 is 1.71 bits per heavy atom. The minimum absolute atomic E-state index is 0.142. The van der Waals surface area contributed by atoms with Crippen molar-refractivity contribution in [2.75, 3.05) is 26.4 Å². The summed E-state index contributed by atoms with van der Waals surface area (Å²) in [4.78, 5) is 32.8. The molecule has 3 aromatic rings. The van der Waals surface area contributed by atoms with E-state index in [1.807, 2.05) is 74.5 Å². The van der Waals surface area contributed by atoms with Crippen LogP contribution in [0.15, 0.2) is 66.7 Å². The third-order valence-electron chi connectivity index (χ3n) is 6.92. The molecule has 1 aliphatic carbocycles. The maximum Gasteiger partial charge on any atom is 0.271 e. The molecule has 0 radical (unpaired) electrons. The van der Waals surface area contributed by atoms with Crippen LogP contribution in [0.5, 0.6) is 5.75 Å². The van der Waals surface area contributed by atoms with E-state index in [4.69, 9.17) is 9.47 Å². The molecule has 1 saturated carbocycles. The number of benzene rings is 2.